The van der Waals surface area contributed by atoms with Crippen LogP contribution in [0, 0.1) is 19.8 Å². The zero-order valence-corrected chi connectivity index (χ0v) is 11.7. The minimum atomic E-state index is 0.219. The average Bonchev–Trinajstić information content (AvgIpc) is 2.37. The highest BCUT2D eigenvalue weighted by Crippen LogP contribution is 2.35. The second kappa shape index (κ2) is 5.75. The van der Waals surface area contributed by atoms with Crippen molar-refractivity contribution in [2.75, 3.05) is 6.61 Å². The van der Waals surface area contributed by atoms with Gasteiger partial charge in [0.25, 0.3) is 0 Å². The Hall–Kier alpha value is -1.02. The van der Waals surface area contributed by atoms with Gasteiger partial charge >= 0.3 is 0 Å². The smallest absolute Gasteiger partial charge is 0.121 e. The van der Waals surface area contributed by atoms with E-state index < -0.39 is 0 Å². The monoisotopic (exact) mass is 248 g/mol. The van der Waals surface area contributed by atoms with E-state index in [4.69, 9.17) is 4.74 Å². The summed E-state index contributed by atoms with van der Waals surface area (Å²) in [6.45, 7) is 7.03. The van der Waals surface area contributed by atoms with Gasteiger partial charge in [-0.25, -0.2) is 0 Å². The van der Waals surface area contributed by atoms with Crippen LogP contribution in [0.5, 0.6) is 5.75 Å². The van der Waals surface area contributed by atoms with E-state index in [9.17, 15) is 5.11 Å². The van der Waals surface area contributed by atoms with Gasteiger partial charge in [0.1, 0.15) is 5.75 Å². The normalized spacial score (nSPS) is 24.2. The molecule has 1 saturated heterocycles. The van der Waals surface area contributed by atoms with Gasteiger partial charge in [-0.3, -0.25) is 0 Å². The molecule has 2 unspecified atom stereocenters. The van der Waals surface area contributed by atoms with Crippen LogP contribution in [0.3, 0.4) is 0 Å². The Morgan fingerprint density at radius 3 is 2.39 bits per heavy atom. The molecule has 2 nitrogen and oxygen atoms in total. The quantitative estimate of drug-likeness (QED) is 0.865. The lowest BCUT2D eigenvalue weighted by Crippen LogP contribution is -2.20. The molecule has 1 aromatic carbocycles. The molecule has 0 aliphatic carbocycles. The van der Waals surface area contributed by atoms with Crippen LogP contribution in [0.25, 0.3) is 0 Å². The van der Waals surface area contributed by atoms with Crippen LogP contribution in [0.15, 0.2) is 12.1 Å². The van der Waals surface area contributed by atoms with Gasteiger partial charge in [0.05, 0.1) is 12.7 Å². The molecule has 0 bridgehead atoms. The third kappa shape index (κ3) is 2.86. The average molecular weight is 248 g/mol. The summed E-state index contributed by atoms with van der Waals surface area (Å²) in [7, 11) is 0. The molecule has 2 heteroatoms. The van der Waals surface area contributed by atoms with Gasteiger partial charge in [-0.1, -0.05) is 13.3 Å². The molecule has 2 atom stereocenters. The third-order valence-electron chi connectivity index (χ3n) is 3.95. The van der Waals surface area contributed by atoms with Crippen LogP contribution in [-0.2, 0) is 4.74 Å². The molecule has 1 heterocycles. The number of phenolic OH excluding ortho intramolecular Hbond substituents is 1. The van der Waals surface area contributed by atoms with Gasteiger partial charge < -0.3 is 9.84 Å². The molecule has 1 aliphatic heterocycles. The summed E-state index contributed by atoms with van der Waals surface area (Å²) in [5.41, 5.74) is 3.12. The Labute approximate surface area is 110 Å². The van der Waals surface area contributed by atoms with Gasteiger partial charge in [-0.15, -0.1) is 0 Å². The first kappa shape index (κ1) is 13.4. The summed E-state index contributed by atoms with van der Waals surface area (Å²) < 4.78 is 6.00. The van der Waals surface area contributed by atoms with Gasteiger partial charge in [0, 0.05) is 0 Å². The fourth-order valence-corrected chi connectivity index (χ4v) is 2.88. The van der Waals surface area contributed by atoms with Gasteiger partial charge in [0.2, 0.25) is 0 Å². The first-order chi connectivity index (χ1) is 8.61. The Morgan fingerprint density at radius 1 is 1.22 bits per heavy atom. The summed E-state index contributed by atoms with van der Waals surface area (Å²) in [6.07, 6.45) is 5.11. The van der Waals surface area contributed by atoms with Gasteiger partial charge in [0.15, 0.2) is 0 Å². The number of benzene rings is 1. The number of phenols is 1. The molecule has 0 radical (unpaired) electrons. The summed E-state index contributed by atoms with van der Waals surface area (Å²) >= 11 is 0. The van der Waals surface area contributed by atoms with Crippen molar-refractivity contribution in [3.8, 4) is 5.75 Å². The van der Waals surface area contributed by atoms with Crippen LogP contribution >= 0.6 is 0 Å². The minimum absolute atomic E-state index is 0.219. The standard InChI is InChI=1S/C16H24O2/c1-4-5-13-6-7-15(18-10-13)14-8-11(2)16(17)12(3)9-14/h8-9,13,15,17H,4-7,10H2,1-3H3. The summed E-state index contributed by atoms with van der Waals surface area (Å²) in [4.78, 5) is 0. The van der Waals surface area contributed by atoms with Crippen molar-refractivity contribution in [2.24, 2.45) is 5.92 Å². The second-order valence-corrected chi connectivity index (χ2v) is 5.56. The lowest BCUT2D eigenvalue weighted by molar-refractivity contribution is -0.0195. The van der Waals surface area contributed by atoms with Crippen molar-refractivity contribution in [1.29, 1.82) is 0 Å². The second-order valence-electron chi connectivity index (χ2n) is 5.56. The third-order valence-corrected chi connectivity index (χ3v) is 3.95. The van der Waals surface area contributed by atoms with E-state index in [1.807, 2.05) is 13.8 Å². The summed E-state index contributed by atoms with van der Waals surface area (Å²) in [5, 5.41) is 9.80. The van der Waals surface area contributed by atoms with Crippen molar-refractivity contribution in [3.63, 3.8) is 0 Å². The Kier molecular flexibility index (Phi) is 4.28. The number of hydrogen-bond donors (Lipinski definition) is 1. The molecule has 1 N–H and O–H groups in total. The van der Waals surface area contributed by atoms with Gasteiger partial charge in [-0.2, -0.15) is 0 Å². The Bertz CT molecular complexity index is 381. The zero-order chi connectivity index (χ0) is 13.1. The van der Waals surface area contributed by atoms with E-state index in [1.54, 1.807) is 0 Å². The summed E-state index contributed by atoms with van der Waals surface area (Å²) in [5.74, 6) is 1.16. The molecule has 0 spiro atoms. The van der Waals surface area contributed by atoms with Crippen LogP contribution in [0.2, 0.25) is 0 Å². The zero-order valence-electron chi connectivity index (χ0n) is 11.7. The molecule has 0 amide bonds. The van der Waals surface area contributed by atoms with Crippen LogP contribution in [0.4, 0.5) is 0 Å². The highest BCUT2D eigenvalue weighted by molar-refractivity contribution is 5.42. The molecule has 0 aromatic heterocycles. The predicted octanol–water partition coefficient (Wildman–Crippen LogP) is 4.28. The Morgan fingerprint density at radius 2 is 1.89 bits per heavy atom. The first-order valence-corrected chi connectivity index (χ1v) is 7.03. The predicted molar refractivity (Wildman–Crippen MR) is 73.9 cm³/mol. The molecule has 1 aliphatic rings. The number of aromatic hydroxyl groups is 1. The molecule has 100 valence electrons. The van der Waals surface area contributed by atoms with E-state index in [0.717, 1.165) is 30.1 Å². The van der Waals surface area contributed by atoms with Crippen molar-refractivity contribution in [2.45, 2.75) is 52.6 Å². The number of aryl methyl sites for hydroxylation is 2. The fraction of sp³-hybridized carbons (Fsp3) is 0.625. The molecular weight excluding hydrogens is 224 g/mol. The largest absolute Gasteiger partial charge is 0.507 e. The number of ether oxygens (including phenoxy) is 1. The van der Waals surface area contributed by atoms with Crippen LogP contribution in [-0.4, -0.2) is 11.7 Å². The SMILES string of the molecule is CCCC1CCC(c2cc(C)c(O)c(C)c2)OC1. The van der Waals surface area contributed by atoms with E-state index in [0.29, 0.717) is 5.75 Å². The molecule has 18 heavy (non-hydrogen) atoms. The molecule has 1 aromatic rings. The maximum absolute atomic E-state index is 9.80. The lowest BCUT2D eigenvalue weighted by atomic mass is 9.91. The number of hydrogen-bond acceptors (Lipinski definition) is 2. The van der Waals surface area contributed by atoms with E-state index in [-0.39, 0.29) is 6.10 Å². The van der Waals surface area contributed by atoms with Crippen molar-refractivity contribution < 1.29 is 9.84 Å². The maximum atomic E-state index is 9.80. The highest BCUT2D eigenvalue weighted by atomic mass is 16.5. The summed E-state index contributed by atoms with van der Waals surface area (Å²) in [6, 6.07) is 4.13. The van der Waals surface area contributed by atoms with Crippen LogP contribution < -0.4 is 0 Å². The lowest BCUT2D eigenvalue weighted by Gasteiger charge is -2.29. The maximum Gasteiger partial charge on any atom is 0.121 e. The molecule has 0 saturated carbocycles. The van der Waals surface area contributed by atoms with Crippen LogP contribution in [0.1, 0.15) is 55.4 Å². The topological polar surface area (TPSA) is 29.5 Å². The van der Waals surface area contributed by atoms with E-state index >= 15 is 0 Å². The van der Waals surface area contributed by atoms with E-state index in [1.165, 1.54) is 24.8 Å². The molecule has 2 rings (SSSR count). The molecule has 1 fully saturated rings. The van der Waals surface area contributed by atoms with Gasteiger partial charge in [-0.05, 0) is 67.9 Å². The van der Waals surface area contributed by atoms with Crippen molar-refractivity contribution >= 4 is 0 Å². The minimum Gasteiger partial charge on any atom is -0.507 e. The van der Waals surface area contributed by atoms with Crippen molar-refractivity contribution in [1.82, 2.24) is 0 Å². The van der Waals surface area contributed by atoms with Crippen molar-refractivity contribution in [3.05, 3.63) is 28.8 Å². The Balaban J connectivity index is 2.05. The van der Waals surface area contributed by atoms with E-state index in [2.05, 4.69) is 19.1 Å². The first-order valence-electron chi connectivity index (χ1n) is 7.03. The molecular formula is C16H24O2. The number of rotatable bonds is 3. The highest BCUT2D eigenvalue weighted by Gasteiger charge is 2.23. The fourth-order valence-electron chi connectivity index (χ4n) is 2.88.